The first-order chi connectivity index (χ1) is 6.58. The SMILES string of the molecule is CC1(O)CCN(C(=O)n2ccnc2)C1. The molecule has 0 bridgehead atoms. The zero-order valence-electron chi connectivity index (χ0n) is 8.05. The molecule has 1 unspecified atom stereocenters. The van der Waals surface area contributed by atoms with Crippen LogP contribution in [0.25, 0.3) is 0 Å². The van der Waals surface area contributed by atoms with Gasteiger partial charge in [0.05, 0.1) is 12.1 Å². The van der Waals surface area contributed by atoms with Crippen molar-refractivity contribution in [2.75, 3.05) is 13.1 Å². The molecule has 1 amide bonds. The van der Waals surface area contributed by atoms with Crippen molar-refractivity contribution in [3.05, 3.63) is 18.7 Å². The number of nitrogens with zero attached hydrogens (tertiary/aromatic N) is 3. The predicted molar refractivity (Wildman–Crippen MR) is 49.8 cm³/mol. The summed E-state index contributed by atoms with van der Waals surface area (Å²) in [5, 5.41) is 9.69. The molecule has 1 aliphatic rings. The maximum absolute atomic E-state index is 11.7. The van der Waals surface area contributed by atoms with Crippen LogP contribution in [-0.2, 0) is 0 Å². The molecule has 14 heavy (non-hydrogen) atoms. The van der Waals surface area contributed by atoms with Gasteiger partial charge in [-0.3, -0.25) is 4.57 Å². The van der Waals surface area contributed by atoms with E-state index in [0.29, 0.717) is 19.5 Å². The van der Waals surface area contributed by atoms with Crippen LogP contribution in [0.2, 0.25) is 0 Å². The molecule has 1 aromatic rings. The second-order valence-electron chi connectivity index (χ2n) is 3.92. The molecular weight excluding hydrogens is 182 g/mol. The van der Waals surface area contributed by atoms with E-state index in [1.807, 2.05) is 0 Å². The van der Waals surface area contributed by atoms with Gasteiger partial charge in [-0.25, -0.2) is 9.78 Å². The van der Waals surface area contributed by atoms with E-state index in [9.17, 15) is 9.90 Å². The number of carbonyl (C=O) groups excluding carboxylic acids is 1. The first-order valence-corrected chi connectivity index (χ1v) is 4.58. The third-order valence-corrected chi connectivity index (χ3v) is 2.45. The van der Waals surface area contributed by atoms with E-state index in [0.717, 1.165) is 0 Å². The van der Waals surface area contributed by atoms with Crippen molar-refractivity contribution in [3.63, 3.8) is 0 Å². The van der Waals surface area contributed by atoms with Crippen LogP contribution in [0.15, 0.2) is 18.7 Å². The highest BCUT2D eigenvalue weighted by molar-refractivity contribution is 5.77. The monoisotopic (exact) mass is 195 g/mol. The number of aromatic nitrogens is 2. The van der Waals surface area contributed by atoms with Gasteiger partial charge in [0.25, 0.3) is 0 Å². The third-order valence-electron chi connectivity index (χ3n) is 2.45. The van der Waals surface area contributed by atoms with Crippen LogP contribution in [-0.4, -0.2) is 44.3 Å². The molecule has 2 heterocycles. The lowest BCUT2D eigenvalue weighted by Crippen LogP contribution is -2.36. The Morgan fingerprint density at radius 2 is 2.43 bits per heavy atom. The summed E-state index contributed by atoms with van der Waals surface area (Å²) < 4.78 is 1.42. The average Bonchev–Trinajstić information content (AvgIpc) is 2.72. The predicted octanol–water partition coefficient (Wildman–Crippen LogP) is 0.308. The Kier molecular flexibility index (Phi) is 2.03. The standard InChI is InChI=1S/C9H13N3O2/c1-9(14)2-4-11(6-9)8(13)12-5-3-10-7-12/h3,5,7,14H,2,4,6H2,1H3. The van der Waals surface area contributed by atoms with E-state index in [1.165, 1.54) is 10.9 Å². The van der Waals surface area contributed by atoms with Crippen molar-refractivity contribution < 1.29 is 9.90 Å². The average molecular weight is 195 g/mol. The molecule has 2 rings (SSSR count). The smallest absolute Gasteiger partial charge is 0.329 e. The maximum atomic E-state index is 11.7. The molecule has 1 saturated heterocycles. The summed E-state index contributed by atoms with van der Waals surface area (Å²) in [6.45, 7) is 2.74. The molecule has 76 valence electrons. The van der Waals surface area contributed by atoms with Crippen LogP contribution in [0.1, 0.15) is 13.3 Å². The largest absolute Gasteiger partial charge is 0.388 e. The lowest BCUT2D eigenvalue weighted by atomic mass is 10.1. The number of hydrogen-bond donors (Lipinski definition) is 1. The fourth-order valence-electron chi connectivity index (χ4n) is 1.64. The Labute approximate surface area is 82.0 Å². The number of aliphatic hydroxyl groups is 1. The van der Waals surface area contributed by atoms with E-state index >= 15 is 0 Å². The Bertz CT molecular complexity index is 332. The number of hydrogen-bond acceptors (Lipinski definition) is 3. The number of amides is 1. The molecule has 1 aliphatic heterocycles. The summed E-state index contributed by atoms with van der Waals surface area (Å²) in [6.07, 6.45) is 5.27. The zero-order chi connectivity index (χ0) is 10.2. The van der Waals surface area contributed by atoms with Gasteiger partial charge < -0.3 is 10.0 Å². The molecule has 0 spiro atoms. The van der Waals surface area contributed by atoms with Gasteiger partial charge in [-0.2, -0.15) is 0 Å². The van der Waals surface area contributed by atoms with Crippen molar-refractivity contribution in [2.45, 2.75) is 18.9 Å². The molecule has 0 aliphatic carbocycles. The van der Waals surface area contributed by atoms with Gasteiger partial charge in [0.2, 0.25) is 0 Å². The summed E-state index contributed by atoms with van der Waals surface area (Å²) in [4.78, 5) is 17.2. The van der Waals surface area contributed by atoms with E-state index < -0.39 is 5.60 Å². The quantitative estimate of drug-likeness (QED) is 0.648. The minimum atomic E-state index is -0.740. The molecule has 5 nitrogen and oxygen atoms in total. The Morgan fingerprint density at radius 1 is 1.64 bits per heavy atom. The number of β-amino-alcohol motifs (C(OH)–C–C–N with tert-alkyl or cyclic N) is 1. The van der Waals surface area contributed by atoms with E-state index in [1.54, 1.807) is 24.2 Å². The highest BCUT2D eigenvalue weighted by Crippen LogP contribution is 2.20. The van der Waals surface area contributed by atoms with Gasteiger partial charge in [-0.05, 0) is 13.3 Å². The topological polar surface area (TPSA) is 58.4 Å². The summed E-state index contributed by atoms with van der Waals surface area (Å²) in [5.74, 6) is 0. The lowest BCUT2D eigenvalue weighted by molar-refractivity contribution is 0.0720. The molecule has 0 aromatic carbocycles. The Morgan fingerprint density at radius 3 is 2.93 bits per heavy atom. The molecule has 1 N–H and O–H groups in total. The molecule has 1 fully saturated rings. The number of carbonyl (C=O) groups is 1. The molecule has 0 radical (unpaired) electrons. The van der Waals surface area contributed by atoms with Crippen LogP contribution in [0.5, 0.6) is 0 Å². The fraction of sp³-hybridized carbons (Fsp3) is 0.556. The van der Waals surface area contributed by atoms with Gasteiger partial charge in [0.15, 0.2) is 0 Å². The van der Waals surface area contributed by atoms with Crippen molar-refractivity contribution >= 4 is 6.03 Å². The molecule has 1 aromatic heterocycles. The van der Waals surface area contributed by atoms with Crippen molar-refractivity contribution in [2.24, 2.45) is 0 Å². The van der Waals surface area contributed by atoms with E-state index in [-0.39, 0.29) is 6.03 Å². The van der Waals surface area contributed by atoms with Gasteiger partial charge in [0.1, 0.15) is 6.33 Å². The van der Waals surface area contributed by atoms with Gasteiger partial charge >= 0.3 is 6.03 Å². The molecule has 5 heteroatoms. The third kappa shape index (κ3) is 1.63. The van der Waals surface area contributed by atoms with Gasteiger partial charge in [-0.15, -0.1) is 0 Å². The highest BCUT2D eigenvalue weighted by atomic mass is 16.3. The highest BCUT2D eigenvalue weighted by Gasteiger charge is 2.34. The Hall–Kier alpha value is -1.36. The number of likely N-dealkylation sites (tertiary alicyclic amines) is 1. The Balaban J connectivity index is 2.08. The molecular formula is C9H13N3O2. The van der Waals surface area contributed by atoms with E-state index in [2.05, 4.69) is 4.98 Å². The first kappa shape index (κ1) is 9.21. The molecule has 1 atom stereocenters. The minimum Gasteiger partial charge on any atom is -0.388 e. The van der Waals surface area contributed by atoms with Crippen LogP contribution in [0.4, 0.5) is 4.79 Å². The summed E-state index contributed by atoms with van der Waals surface area (Å²) in [5.41, 5.74) is -0.740. The maximum Gasteiger partial charge on any atom is 0.329 e. The summed E-state index contributed by atoms with van der Waals surface area (Å²) in [6, 6.07) is -0.125. The van der Waals surface area contributed by atoms with Gasteiger partial charge in [0, 0.05) is 18.9 Å². The van der Waals surface area contributed by atoms with Crippen LogP contribution >= 0.6 is 0 Å². The second kappa shape index (κ2) is 3.09. The summed E-state index contributed by atoms with van der Waals surface area (Å²) >= 11 is 0. The first-order valence-electron chi connectivity index (χ1n) is 4.58. The number of imidazole rings is 1. The summed E-state index contributed by atoms with van der Waals surface area (Å²) in [7, 11) is 0. The van der Waals surface area contributed by atoms with Gasteiger partial charge in [-0.1, -0.05) is 0 Å². The fourth-order valence-corrected chi connectivity index (χ4v) is 1.64. The van der Waals surface area contributed by atoms with Crippen molar-refractivity contribution in [1.29, 1.82) is 0 Å². The minimum absolute atomic E-state index is 0.125. The number of rotatable bonds is 0. The zero-order valence-corrected chi connectivity index (χ0v) is 8.05. The normalized spacial score (nSPS) is 26.9. The lowest BCUT2D eigenvalue weighted by Gasteiger charge is -2.18. The van der Waals surface area contributed by atoms with Crippen molar-refractivity contribution in [3.8, 4) is 0 Å². The molecule has 0 saturated carbocycles. The van der Waals surface area contributed by atoms with Crippen molar-refractivity contribution in [1.82, 2.24) is 14.5 Å². The van der Waals surface area contributed by atoms with Crippen LogP contribution in [0.3, 0.4) is 0 Å². The second-order valence-corrected chi connectivity index (χ2v) is 3.92. The van der Waals surface area contributed by atoms with E-state index in [4.69, 9.17) is 0 Å². The van der Waals surface area contributed by atoms with Crippen LogP contribution < -0.4 is 0 Å². The van der Waals surface area contributed by atoms with Crippen LogP contribution in [0, 0.1) is 0 Å².